The van der Waals surface area contributed by atoms with Crippen LogP contribution in [0.1, 0.15) is 37.0 Å². The largest absolute Gasteiger partial charge is 0.497 e. The second kappa shape index (κ2) is 13.2. The highest BCUT2D eigenvalue weighted by Crippen LogP contribution is 2.36. The number of para-hydroxylation sites is 1. The maximum atomic E-state index is 13.7. The zero-order valence-corrected chi connectivity index (χ0v) is 24.7. The lowest BCUT2D eigenvalue weighted by Gasteiger charge is -2.38. The smallest absolute Gasteiger partial charge is 0.258 e. The first kappa shape index (κ1) is 30.8. The van der Waals surface area contributed by atoms with Gasteiger partial charge < -0.3 is 29.5 Å². The van der Waals surface area contributed by atoms with Crippen molar-refractivity contribution in [2.75, 3.05) is 52.4 Å². The van der Waals surface area contributed by atoms with E-state index in [-0.39, 0.29) is 59.6 Å². The summed E-state index contributed by atoms with van der Waals surface area (Å²) in [4.78, 5) is 28.5. The van der Waals surface area contributed by atoms with Gasteiger partial charge in [-0.3, -0.25) is 9.59 Å². The Kier molecular flexibility index (Phi) is 9.90. The number of hydrogen-bond acceptors (Lipinski definition) is 8. The molecule has 2 aliphatic rings. The monoisotopic (exact) mass is 589 g/mol. The first-order valence-electron chi connectivity index (χ1n) is 13.8. The Morgan fingerprint density at radius 1 is 1.20 bits per heavy atom. The van der Waals surface area contributed by atoms with Gasteiger partial charge in [0, 0.05) is 38.6 Å². The third kappa shape index (κ3) is 6.83. The third-order valence-corrected chi connectivity index (χ3v) is 9.58. The minimum absolute atomic E-state index is 0.0211. The fourth-order valence-corrected chi connectivity index (χ4v) is 6.22. The molecule has 0 bridgehead atoms. The number of rotatable bonds is 9. The third-order valence-electron chi connectivity index (χ3n) is 7.75. The van der Waals surface area contributed by atoms with Gasteiger partial charge in [-0.15, -0.1) is 0 Å². The molecule has 2 amide bonds. The lowest BCUT2D eigenvalue weighted by molar-refractivity contribution is -0.122. The van der Waals surface area contributed by atoms with Crippen LogP contribution in [0.5, 0.6) is 11.5 Å². The SMILES string of the molecule is COc1ccc(S(=O)(=O)N(C)C[C@@H]2Oc3c(NC(=O)C4CCOCC4)cccc3C(=O)N([C@@H](C)CO)C[C@@H]2C)cc1. The number of anilines is 1. The maximum Gasteiger partial charge on any atom is 0.258 e. The van der Waals surface area contributed by atoms with E-state index >= 15 is 0 Å². The van der Waals surface area contributed by atoms with Gasteiger partial charge in [0.25, 0.3) is 5.91 Å². The van der Waals surface area contributed by atoms with E-state index < -0.39 is 22.2 Å². The molecule has 41 heavy (non-hydrogen) atoms. The van der Waals surface area contributed by atoms with E-state index in [0.29, 0.717) is 37.5 Å². The molecule has 3 atom stereocenters. The molecule has 0 spiro atoms. The number of nitrogens with one attached hydrogen (secondary N) is 1. The van der Waals surface area contributed by atoms with Crippen LogP contribution in [0.3, 0.4) is 0 Å². The maximum absolute atomic E-state index is 13.7. The molecular formula is C29H39N3O8S. The predicted molar refractivity (Wildman–Crippen MR) is 153 cm³/mol. The number of amides is 2. The molecule has 0 radical (unpaired) electrons. The molecule has 4 rings (SSSR count). The second-order valence-electron chi connectivity index (χ2n) is 10.6. The Labute approximate surface area is 241 Å². The Morgan fingerprint density at radius 3 is 2.51 bits per heavy atom. The zero-order chi connectivity index (χ0) is 29.7. The molecule has 2 heterocycles. The summed E-state index contributed by atoms with van der Waals surface area (Å²) >= 11 is 0. The summed E-state index contributed by atoms with van der Waals surface area (Å²) in [6.07, 6.45) is 0.501. The summed E-state index contributed by atoms with van der Waals surface area (Å²) in [7, 11) is -0.892. The number of hydrogen-bond donors (Lipinski definition) is 2. The quantitative estimate of drug-likeness (QED) is 0.456. The van der Waals surface area contributed by atoms with Gasteiger partial charge >= 0.3 is 0 Å². The van der Waals surface area contributed by atoms with Crippen LogP contribution in [0.2, 0.25) is 0 Å². The van der Waals surface area contributed by atoms with E-state index in [0.717, 1.165) is 0 Å². The molecule has 11 nitrogen and oxygen atoms in total. The van der Waals surface area contributed by atoms with E-state index in [9.17, 15) is 23.1 Å². The van der Waals surface area contributed by atoms with Crippen LogP contribution in [0.25, 0.3) is 0 Å². The highest BCUT2D eigenvalue weighted by molar-refractivity contribution is 7.89. The summed E-state index contributed by atoms with van der Waals surface area (Å²) in [6, 6.07) is 10.6. The molecule has 0 aliphatic carbocycles. The zero-order valence-electron chi connectivity index (χ0n) is 23.9. The Bertz CT molecular complexity index is 1330. The first-order chi connectivity index (χ1) is 19.6. The second-order valence-corrected chi connectivity index (χ2v) is 12.7. The summed E-state index contributed by atoms with van der Waals surface area (Å²) in [5, 5.41) is 12.9. The highest BCUT2D eigenvalue weighted by atomic mass is 32.2. The molecule has 0 aromatic heterocycles. The lowest BCUT2D eigenvalue weighted by Crippen LogP contribution is -2.50. The number of likely N-dealkylation sites (N-methyl/N-ethyl adjacent to an activating group) is 1. The van der Waals surface area contributed by atoms with Crippen LogP contribution in [0.15, 0.2) is 47.4 Å². The van der Waals surface area contributed by atoms with Crippen LogP contribution < -0.4 is 14.8 Å². The van der Waals surface area contributed by atoms with E-state index in [1.165, 1.54) is 30.6 Å². The molecule has 12 heteroatoms. The lowest BCUT2D eigenvalue weighted by atomic mass is 9.98. The van der Waals surface area contributed by atoms with Crippen molar-refractivity contribution in [1.82, 2.24) is 9.21 Å². The predicted octanol–water partition coefficient (Wildman–Crippen LogP) is 2.60. The summed E-state index contributed by atoms with van der Waals surface area (Å²) in [5.41, 5.74) is 0.566. The van der Waals surface area contributed by atoms with Crippen LogP contribution in [0, 0.1) is 11.8 Å². The van der Waals surface area contributed by atoms with Gasteiger partial charge in [-0.05, 0) is 56.2 Å². The minimum Gasteiger partial charge on any atom is -0.497 e. The number of benzene rings is 2. The van der Waals surface area contributed by atoms with E-state index in [2.05, 4.69) is 5.32 Å². The molecule has 1 fully saturated rings. The Balaban J connectivity index is 1.68. The molecule has 2 aromatic rings. The van der Waals surface area contributed by atoms with Crippen molar-refractivity contribution >= 4 is 27.5 Å². The van der Waals surface area contributed by atoms with Gasteiger partial charge in [-0.1, -0.05) is 13.0 Å². The number of aliphatic hydroxyl groups is 1. The minimum atomic E-state index is -3.88. The molecule has 2 N–H and O–H groups in total. The number of sulfonamides is 1. The number of carbonyl (C=O) groups is 2. The van der Waals surface area contributed by atoms with Gasteiger partial charge in [0.15, 0.2) is 5.75 Å². The van der Waals surface area contributed by atoms with Gasteiger partial charge in [-0.2, -0.15) is 4.31 Å². The molecule has 0 saturated carbocycles. The van der Waals surface area contributed by atoms with E-state index in [1.54, 1.807) is 42.2 Å². The molecule has 2 aromatic carbocycles. The highest BCUT2D eigenvalue weighted by Gasteiger charge is 2.36. The Morgan fingerprint density at radius 2 is 1.88 bits per heavy atom. The van der Waals surface area contributed by atoms with Crippen molar-refractivity contribution in [3.8, 4) is 11.5 Å². The standard InChI is InChI=1S/C29H39N3O8S/c1-19-16-32(20(2)18-33)29(35)24-6-5-7-25(30-28(34)21-12-14-39-15-13-21)27(24)40-26(19)17-31(3)41(36,37)23-10-8-22(38-4)9-11-23/h5-11,19-21,26,33H,12-18H2,1-4H3,(H,30,34)/t19-,20-,26-/m0/s1. The normalized spacial score (nSPS) is 20.9. The Hall–Kier alpha value is -3.19. The topological polar surface area (TPSA) is 135 Å². The van der Waals surface area contributed by atoms with E-state index in [4.69, 9.17) is 14.2 Å². The van der Waals surface area contributed by atoms with Crippen molar-refractivity contribution in [3.63, 3.8) is 0 Å². The van der Waals surface area contributed by atoms with Crippen LogP contribution in [-0.2, 0) is 19.6 Å². The van der Waals surface area contributed by atoms with Crippen molar-refractivity contribution in [2.24, 2.45) is 11.8 Å². The van der Waals surface area contributed by atoms with Crippen molar-refractivity contribution in [1.29, 1.82) is 0 Å². The number of ether oxygens (including phenoxy) is 3. The summed E-state index contributed by atoms with van der Waals surface area (Å²) in [6.45, 7) is 4.60. The average molecular weight is 590 g/mol. The fraction of sp³-hybridized carbons (Fsp3) is 0.517. The average Bonchev–Trinajstić information content (AvgIpc) is 2.99. The molecule has 1 saturated heterocycles. The molecule has 0 unspecified atom stereocenters. The number of carbonyl (C=O) groups excluding carboxylic acids is 2. The van der Waals surface area contributed by atoms with Gasteiger partial charge in [-0.25, -0.2) is 8.42 Å². The summed E-state index contributed by atoms with van der Waals surface area (Å²) < 4.78 is 45.1. The van der Waals surface area contributed by atoms with Crippen molar-refractivity contribution in [2.45, 2.75) is 43.7 Å². The number of fused-ring (bicyclic) bond motifs is 1. The summed E-state index contributed by atoms with van der Waals surface area (Å²) in [5.74, 6) is -0.366. The van der Waals surface area contributed by atoms with E-state index in [1.807, 2.05) is 6.92 Å². The fourth-order valence-electron chi connectivity index (χ4n) is 5.03. The number of nitrogens with zero attached hydrogens (tertiary/aromatic N) is 2. The molecule has 224 valence electrons. The van der Waals surface area contributed by atoms with Crippen LogP contribution in [-0.4, -0.2) is 93.8 Å². The molecular weight excluding hydrogens is 550 g/mol. The number of methoxy groups -OCH3 is 1. The van der Waals surface area contributed by atoms with Gasteiger partial charge in [0.05, 0.1) is 42.4 Å². The molecule has 2 aliphatic heterocycles. The van der Waals surface area contributed by atoms with Crippen molar-refractivity contribution < 1.29 is 37.3 Å². The van der Waals surface area contributed by atoms with Crippen LogP contribution >= 0.6 is 0 Å². The van der Waals surface area contributed by atoms with Gasteiger partial charge in [0.2, 0.25) is 15.9 Å². The first-order valence-corrected chi connectivity index (χ1v) is 15.2. The van der Waals surface area contributed by atoms with Crippen LogP contribution in [0.4, 0.5) is 5.69 Å². The van der Waals surface area contributed by atoms with Gasteiger partial charge in [0.1, 0.15) is 11.9 Å². The number of aliphatic hydroxyl groups excluding tert-OH is 1. The van der Waals surface area contributed by atoms with Crippen molar-refractivity contribution in [3.05, 3.63) is 48.0 Å².